The molecule has 0 fully saturated rings. The minimum absolute atomic E-state index is 0. The van der Waals surface area contributed by atoms with Crippen molar-refractivity contribution in [1.82, 2.24) is 0 Å². The molecular formula is C8H20ClO4P. The largest absolute Gasteiger partial charge is 0.756 e. The molecule has 0 radical (unpaired) electrons. The van der Waals surface area contributed by atoms with Gasteiger partial charge in [0.05, 0.1) is 25.6 Å². The van der Waals surface area contributed by atoms with Crippen LogP contribution in [0.2, 0.25) is 0 Å². The third kappa shape index (κ3) is 10.5. The molecule has 0 amide bonds. The maximum Gasteiger partial charge on any atom is 0.267 e. The zero-order chi connectivity index (χ0) is 10.2. The number of phosphoric acid groups is 1. The van der Waals surface area contributed by atoms with E-state index in [1.54, 1.807) is 0 Å². The molecule has 0 unspecified atom stereocenters. The molecule has 0 aliphatic carbocycles. The van der Waals surface area contributed by atoms with E-state index in [4.69, 9.17) is 0 Å². The van der Waals surface area contributed by atoms with Crippen molar-refractivity contribution in [2.75, 3.05) is 13.2 Å². The van der Waals surface area contributed by atoms with Crippen molar-refractivity contribution >= 4 is 7.82 Å². The Labute approximate surface area is 92.0 Å². The molecule has 0 heterocycles. The highest BCUT2D eigenvalue weighted by Crippen LogP contribution is 2.38. The van der Waals surface area contributed by atoms with E-state index in [1.807, 2.05) is 13.8 Å². The molecule has 0 spiro atoms. The lowest BCUT2D eigenvalue weighted by atomic mass is 10.4. The second-order valence-electron chi connectivity index (χ2n) is 2.82. The van der Waals surface area contributed by atoms with Gasteiger partial charge in [-0.2, -0.15) is 0 Å². The predicted molar refractivity (Wildman–Crippen MR) is 52.1 cm³/mol. The van der Waals surface area contributed by atoms with Gasteiger partial charge in [0.25, 0.3) is 7.82 Å². The summed E-state index contributed by atoms with van der Waals surface area (Å²) >= 11 is 0. The molecule has 88 valence electrons. The first-order chi connectivity index (χ1) is 6.12. The number of phosphoric ester groups is 1. The highest BCUT2D eigenvalue weighted by atomic mass is 35.5. The summed E-state index contributed by atoms with van der Waals surface area (Å²) in [6.07, 6.45) is 3.30. The molecule has 0 aliphatic heterocycles. The monoisotopic (exact) mass is 246 g/mol. The molecule has 0 saturated carbocycles. The van der Waals surface area contributed by atoms with Crippen molar-refractivity contribution in [1.29, 1.82) is 0 Å². The van der Waals surface area contributed by atoms with Gasteiger partial charge >= 0.3 is 0 Å². The summed E-state index contributed by atoms with van der Waals surface area (Å²) in [7, 11) is -4.00. The molecule has 0 aliphatic rings. The van der Waals surface area contributed by atoms with Gasteiger partial charge in [-0.1, -0.05) is 26.7 Å². The van der Waals surface area contributed by atoms with Gasteiger partial charge in [0, 0.05) is 0 Å². The van der Waals surface area contributed by atoms with E-state index >= 15 is 0 Å². The van der Waals surface area contributed by atoms with E-state index < -0.39 is 7.82 Å². The second kappa shape index (κ2) is 9.94. The number of halogens is 1. The summed E-state index contributed by atoms with van der Waals surface area (Å²) in [4.78, 5) is 11.0. The van der Waals surface area contributed by atoms with E-state index in [0.717, 1.165) is 25.7 Å². The highest BCUT2D eigenvalue weighted by molar-refractivity contribution is 7.45. The van der Waals surface area contributed by atoms with E-state index in [0.29, 0.717) is 0 Å². The molecule has 0 aromatic rings. The van der Waals surface area contributed by atoms with Crippen molar-refractivity contribution < 1.29 is 30.9 Å². The van der Waals surface area contributed by atoms with Crippen LogP contribution in [0.4, 0.5) is 0 Å². The summed E-state index contributed by atoms with van der Waals surface area (Å²) in [5.74, 6) is 0. The Morgan fingerprint density at radius 3 is 1.71 bits per heavy atom. The maximum absolute atomic E-state index is 11.0. The van der Waals surface area contributed by atoms with Crippen LogP contribution in [0.3, 0.4) is 0 Å². The normalized spacial score (nSPS) is 11.1. The summed E-state index contributed by atoms with van der Waals surface area (Å²) in [6.45, 7) is 4.39. The number of hydrogen-bond acceptors (Lipinski definition) is 4. The van der Waals surface area contributed by atoms with Crippen LogP contribution in [-0.2, 0) is 13.6 Å². The van der Waals surface area contributed by atoms with E-state index in [2.05, 4.69) is 9.05 Å². The lowest BCUT2D eigenvalue weighted by Crippen LogP contribution is -2.09. The van der Waals surface area contributed by atoms with Crippen LogP contribution in [-0.4, -0.2) is 13.2 Å². The molecule has 0 aromatic carbocycles. The summed E-state index contributed by atoms with van der Waals surface area (Å²) < 4.78 is 20.2. The molecule has 0 bridgehead atoms. The molecule has 0 rings (SSSR count). The Morgan fingerprint density at radius 1 is 1.07 bits per heavy atom. The standard InChI is InChI=1S/C8H19O4P.ClH2/c1-3-5-7-11-13(9,10)12-8-6-4-2;/h3-8H2,1-2H3,(H,9,10);1H2/q;+1/p-1. The van der Waals surface area contributed by atoms with Crippen LogP contribution in [0.15, 0.2) is 0 Å². The quantitative estimate of drug-likeness (QED) is 0.482. The zero-order valence-electron chi connectivity index (χ0n) is 8.77. The Balaban J connectivity index is 0. The first-order valence-electron chi connectivity index (χ1n) is 4.72. The highest BCUT2D eigenvalue weighted by Gasteiger charge is 2.07. The first kappa shape index (κ1) is 16.8. The third-order valence-electron chi connectivity index (χ3n) is 1.49. The fraction of sp³-hybridized carbons (Fsp3) is 1.00. The lowest BCUT2D eigenvalue weighted by Gasteiger charge is -2.22. The second-order valence-corrected chi connectivity index (χ2v) is 4.23. The van der Waals surface area contributed by atoms with Gasteiger partial charge in [0.15, 0.2) is 0 Å². The van der Waals surface area contributed by atoms with Gasteiger partial charge in [0.2, 0.25) is 0 Å². The summed E-state index contributed by atoms with van der Waals surface area (Å²) in [5.41, 5.74) is 0. The Bertz CT molecular complexity index is 151. The summed E-state index contributed by atoms with van der Waals surface area (Å²) in [6, 6.07) is 0. The zero-order valence-corrected chi connectivity index (χ0v) is 10.6. The average Bonchev–Trinajstić information content (AvgIpc) is 2.05. The summed E-state index contributed by atoms with van der Waals surface area (Å²) in [5, 5.41) is 0. The minimum atomic E-state index is -4.00. The molecule has 0 saturated heterocycles. The van der Waals surface area contributed by atoms with Gasteiger partial charge < -0.3 is 13.9 Å². The van der Waals surface area contributed by atoms with Gasteiger partial charge in [-0.15, -0.1) is 0 Å². The lowest BCUT2D eigenvalue weighted by molar-refractivity contribution is -0.225. The van der Waals surface area contributed by atoms with Crippen LogP contribution in [0.5, 0.6) is 0 Å². The van der Waals surface area contributed by atoms with E-state index in [1.165, 1.54) is 0 Å². The van der Waals surface area contributed by atoms with Gasteiger partial charge in [-0.25, -0.2) is 0 Å². The Hall–Kier alpha value is 0.400. The third-order valence-corrected chi connectivity index (χ3v) is 2.49. The topological polar surface area (TPSA) is 58.6 Å². The van der Waals surface area contributed by atoms with Crippen molar-refractivity contribution in [2.45, 2.75) is 39.5 Å². The van der Waals surface area contributed by atoms with Gasteiger partial charge in [-0.3, -0.25) is 4.57 Å². The van der Waals surface area contributed by atoms with E-state index in [-0.39, 0.29) is 25.6 Å². The molecule has 0 atom stereocenters. The van der Waals surface area contributed by atoms with Crippen LogP contribution in [0.1, 0.15) is 39.5 Å². The Morgan fingerprint density at radius 2 is 1.43 bits per heavy atom. The van der Waals surface area contributed by atoms with Crippen LogP contribution < -0.4 is 4.89 Å². The fourth-order valence-corrected chi connectivity index (χ4v) is 1.46. The van der Waals surface area contributed by atoms with Crippen molar-refractivity contribution in [3.8, 4) is 0 Å². The number of unbranched alkanes of at least 4 members (excludes halogenated alkanes) is 2. The molecule has 14 heavy (non-hydrogen) atoms. The number of hydrogen-bond donors (Lipinski definition) is 0. The minimum Gasteiger partial charge on any atom is -0.756 e. The SMILES string of the molecule is CCCCOP(=O)([O-])OCCCC.[ClH2+]. The molecule has 0 aromatic heterocycles. The molecule has 4 nitrogen and oxygen atoms in total. The number of rotatable bonds is 8. The van der Waals surface area contributed by atoms with Crippen LogP contribution >= 0.6 is 7.82 Å². The fourth-order valence-electron chi connectivity index (χ4n) is 0.679. The van der Waals surface area contributed by atoms with Crippen molar-refractivity contribution in [3.05, 3.63) is 0 Å². The Kier molecular flexibility index (Phi) is 11.9. The first-order valence-corrected chi connectivity index (χ1v) is 6.18. The van der Waals surface area contributed by atoms with Crippen LogP contribution in [0, 0.1) is 12.4 Å². The van der Waals surface area contributed by atoms with E-state index in [9.17, 15) is 9.46 Å². The average molecular weight is 247 g/mol. The van der Waals surface area contributed by atoms with Gasteiger partial charge in [-0.05, 0) is 12.8 Å². The van der Waals surface area contributed by atoms with Crippen molar-refractivity contribution in [2.24, 2.45) is 0 Å². The molecular weight excluding hydrogens is 227 g/mol. The molecule has 6 heteroatoms. The maximum atomic E-state index is 11.0. The van der Waals surface area contributed by atoms with Gasteiger partial charge in [0.1, 0.15) is 0 Å². The van der Waals surface area contributed by atoms with Crippen LogP contribution in [0.25, 0.3) is 0 Å². The predicted octanol–water partition coefficient (Wildman–Crippen LogP) is 1.55. The smallest absolute Gasteiger partial charge is 0.267 e. The molecule has 0 N–H and O–H groups in total. The van der Waals surface area contributed by atoms with Crippen molar-refractivity contribution in [3.63, 3.8) is 0 Å².